The van der Waals surface area contributed by atoms with Gasteiger partial charge in [-0.3, -0.25) is 0 Å². The van der Waals surface area contributed by atoms with Gasteiger partial charge in [-0.25, -0.2) is 0 Å². The maximum absolute atomic E-state index is 6.27. The van der Waals surface area contributed by atoms with Crippen LogP contribution in [0.15, 0.2) is 12.1 Å². The third-order valence-electron chi connectivity index (χ3n) is 3.19. The van der Waals surface area contributed by atoms with Crippen molar-refractivity contribution in [2.45, 2.75) is 24.6 Å². The first-order valence-electron chi connectivity index (χ1n) is 6.19. The van der Waals surface area contributed by atoms with Crippen LogP contribution in [0.1, 0.15) is 13.3 Å². The SMILES string of the molecule is CC1CC(Nc2cc3c(cc2Cl)OCCO3)CS1. The Morgan fingerprint density at radius 1 is 1.28 bits per heavy atom. The van der Waals surface area contributed by atoms with Crippen molar-refractivity contribution in [1.82, 2.24) is 0 Å². The van der Waals surface area contributed by atoms with Crippen LogP contribution < -0.4 is 14.8 Å². The lowest BCUT2D eigenvalue weighted by Gasteiger charge is -2.21. The normalized spacial score (nSPS) is 26.1. The molecule has 0 aliphatic carbocycles. The summed E-state index contributed by atoms with van der Waals surface area (Å²) in [7, 11) is 0. The van der Waals surface area contributed by atoms with Crippen LogP contribution in [0.2, 0.25) is 5.02 Å². The Morgan fingerprint density at radius 3 is 2.67 bits per heavy atom. The van der Waals surface area contributed by atoms with Gasteiger partial charge in [0.05, 0.1) is 10.7 Å². The number of fused-ring (bicyclic) bond motifs is 1. The standard InChI is InChI=1S/C13H16ClNO2S/c1-8-4-9(7-18-8)15-11-6-13-12(5-10(11)14)16-2-3-17-13/h5-6,8-9,15H,2-4,7H2,1H3. The van der Waals surface area contributed by atoms with Crippen molar-refractivity contribution in [3.63, 3.8) is 0 Å². The van der Waals surface area contributed by atoms with Gasteiger partial charge >= 0.3 is 0 Å². The van der Waals surface area contributed by atoms with Gasteiger partial charge in [0.2, 0.25) is 0 Å². The Morgan fingerprint density at radius 2 is 2.00 bits per heavy atom. The highest BCUT2D eigenvalue weighted by Crippen LogP contribution is 2.39. The quantitative estimate of drug-likeness (QED) is 0.902. The molecular weight excluding hydrogens is 270 g/mol. The van der Waals surface area contributed by atoms with Gasteiger partial charge in [-0.2, -0.15) is 11.8 Å². The van der Waals surface area contributed by atoms with E-state index in [0.717, 1.165) is 28.2 Å². The molecule has 0 bridgehead atoms. The highest BCUT2D eigenvalue weighted by molar-refractivity contribution is 8.00. The van der Waals surface area contributed by atoms with Crippen molar-refractivity contribution in [3.05, 3.63) is 17.2 Å². The summed E-state index contributed by atoms with van der Waals surface area (Å²) in [5.41, 5.74) is 0.945. The van der Waals surface area contributed by atoms with E-state index in [0.29, 0.717) is 24.3 Å². The summed E-state index contributed by atoms with van der Waals surface area (Å²) in [6, 6.07) is 4.28. The van der Waals surface area contributed by atoms with Gasteiger partial charge in [-0.1, -0.05) is 18.5 Å². The smallest absolute Gasteiger partial charge is 0.163 e. The predicted molar refractivity (Wildman–Crippen MR) is 76.4 cm³/mol. The van der Waals surface area contributed by atoms with E-state index in [9.17, 15) is 0 Å². The third kappa shape index (κ3) is 2.50. The minimum absolute atomic E-state index is 0.491. The van der Waals surface area contributed by atoms with Crippen LogP contribution in [0.3, 0.4) is 0 Å². The molecule has 5 heteroatoms. The van der Waals surface area contributed by atoms with E-state index in [4.69, 9.17) is 21.1 Å². The second-order valence-corrected chi connectivity index (χ2v) is 6.58. The van der Waals surface area contributed by atoms with Crippen molar-refractivity contribution >= 4 is 29.1 Å². The zero-order valence-corrected chi connectivity index (χ0v) is 11.8. The molecule has 98 valence electrons. The van der Waals surface area contributed by atoms with Crippen molar-refractivity contribution < 1.29 is 9.47 Å². The number of thioether (sulfide) groups is 1. The number of hydrogen-bond donors (Lipinski definition) is 1. The van der Waals surface area contributed by atoms with Gasteiger partial charge < -0.3 is 14.8 Å². The van der Waals surface area contributed by atoms with Crippen LogP contribution in [0.5, 0.6) is 11.5 Å². The van der Waals surface area contributed by atoms with E-state index in [-0.39, 0.29) is 0 Å². The topological polar surface area (TPSA) is 30.5 Å². The van der Waals surface area contributed by atoms with Crippen molar-refractivity contribution in [3.8, 4) is 11.5 Å². The van der Waals surface area contributed by atoms with Crippen LogP contribution in [0, 0.1) is 0 Å². The van der Waals surface area contributed by atoms with E-state index in [1.165, 1.54) is 6.42 Å². The molecule has 2 aliphatic heterocycles. The average Bonchev–Trinajstić information content (AvgIpc) is 2.76. The number of hydrogen-bond acceptors (Lipinski definition) is 4. The third-order valence-corrected chi connectivity index (χ3v) is 4.86. The van der Waals surface area contributed by atoms with Gasteiger partial charge in [-0.15, -0.1) is 0 Å². The van der Waals surface area contributed by atoms with Crippen LogP contribution in [-0.2, 0) is 0 Å². The number of halogens is 1. The Kier molecular flexibility index (Phi) is 3.48. The Balaban J connectivity index is 1.79. The van der Waals surface area contributed by atoms with Gasteiger partial charge in [0.1, 0.15) is 13.2 Å². The average molecular weight is 286 g/mol. The number of rotatable bonds is 2. The number of benzene rings is 1. The summed E-state index contributed by atoms with van der Waals surface area (Å²) >= 11 is 8.27. The van der Waals surface area contributed by atoms with E-state index >= 15 is 0 Å². The molecule has 1 aromatic carbocycles. The van der Waals surface area contributed by atoms with Crippen LogP contribution in [0.4, 0.5) is 5.69 Å². The number of anilines is 1. The highest BCUT2D eigenvalue weighted by atomic mass is 35.5. The van der Waals surface area contributed by atoms with Gasteiger partial charge in [0, 0.05) is 29.2 Å². The first kappa shape index (κ1) is 12.3. The predicted octanol–water partition coefficient (Wildman–Crippen LogP) is 3.42. The van der Waals surface area contributed by atoms with E-state index in [1.54, 1.807) is 0 Å². The van der Waals surface area contributed by atoms with Crippen molar-refractivity contribution in [2.75, 3.05) is 24.3 Å². The monoisotopic (exact) mass is 285 g/mol. The van der Waals surface area contributed by atoms with Gasteiger partial charge in [0.25, 0.3) is 0 Å². The molecule has 0 radical (unpaired) electrons. The Labute approximate surface area is 116 Å². The molecule has 1 aromatic rings. The zero-order valence-electron chi connectivity index (χ0n) is 10.2. The zero-order chi connectivity index (χ0) is 12.5. The fraction of sp³-hybridized carbons (Fsp3) is 0.538. The minimum Gasteiger partial charge on any atom is -0.486 e. The molecule has 0 amide bonds. The maximum Gasteiger partial charge on any atom is 0.163 e. The summed E-state index contributed by atoms with van der Waals surface area (Å²) in [6.45, 7) is 3.45. The second-order valence-electron chi connectivity index (χ2n) is 4.70. The molecule has 0 spiro atoms. The second kappa shape index (κ2) is 5.10. The lowest BCUT2D eigenvalue weighted by Crippen LogP contribution is -2.20. The van der Waals surface area contributed by atoms with Crippen LogP contribution in [-0.4, -0.2) is 30.3 Å². The van der Waals surface area contributed by atoms with Crippen LogP contribution in [0.25, 0.3) is 0 Å². The summed E-state index contributed by atoms with van der Waals surface area (Å²) in [6.07, 6.45) is 1.18. The lowest BCUT2D eigenvalue weighted by atomic mass is 10.2. The van der Waals surface area contributed by atoms with Gasteiger partial charge in [0.15, 0.2) is 11.5 Å². The molecular formula is C13H16ClNO2S. The van der Waals surface area contributed by atoms with Crippen molar-refractivity contribution in [2.24, 2.45) is 0 Å². The minimum atomic E-state index is 0.491. The molecule has 18 heavy (non-hydrogen) atoms. The first-order valence-corrected chi connectivity index (χ1v) is 7.62. The molecule has 0 saturated carbocycles. The van der Waals surface area contributed by atoms with Crippen molar-refractivity contribution in [1.29, 1.82) is 0 Å². The Hall–Kier alpha value is -0.740. The molecule has 2 heterocycles. The van der Waals surface area contributed by atoms with Crippen LogP contribution >= 0.6 is 23.4 Å². The molecule has 1 fully saturated rings. The number of ether oxygens (including phenoxy) is 2. The molecule has 1 saturated heterocycles. The van der Waals surface area contributed by atoms with E-state index in [1.807, 2.05) is 23.9 Å². The summed E-state index contributed by atoms with van der Waals surface area (Å²) in [4.78, 5) is 0. The van der Waals surface area contributed by atoms with Gasteiger partial charge in [-0.05, 0) is 6.42 Å². The molecule has 3 nitrogen and oxygen atoms in total. The summed E-state index contributed by atoms with van der Waals surface area (Å²) in [5, 5.41) is 4.92. The molecule has 1 N–H and O–H groups in total. The maximum atomic E-state index is 6.27. The van der Waals surface area contributed by atoms with E-state index < -0.39 is 0 Å². The van der Waals surface area contributed by atoms with E-state index in [2.05, 4.69) is 12.2 Å². The highest BCUT2D eigenvalue weighted by Gasteiger charge is 2.23. The molecule has 2 aliphatic rings. The largest absolute Gasteiger partial charge is 0.486 e. The fourth-order valence-electron chi connectivity index (χ4n) is 2.31. The summed E-state index contributed by atoms with van der Waals surface area (Å²) in [5.74, 6) is 2.66. The lowest BCUT2D eigenvalue weighted by molar-refractivity contribution is 0.171. The summed E-state index contributed by atoms with van der Waals surface area (Å²) < 4.78 is 11.1. The molecule has 0 aromatic heterocycles. The molecule has 3 rings (SSSR count). The number of nitrogens with one attached hydrogen (secondary N) is 1. The molecule has 2 unspecified atom stereocenters. The Bertz CT molecular complexity index is 455. The fourth-order valence-corrected chi connectivity index (χ4v) is 3.67. The first-order chi connectivity index (χ1) is 8.72. The molecule has 2 atom stereocenters.